The molecule has 0 aliphatic carbocycles. The molecular weight excluding hydrogens is 222 g/mol. The van der Waals surface area contributed by atoms with Crippen LogP contribution in [0.1, 0.15) is 18.9 Å². The number of hydrogen-bond acceptors (Lipinski definition) is 2. The van der Waals surface area contributed by atoms with Gasteiger partial charge in [-0.3, -0.25) is 0 Å². The molecule has 1 aromatic rings. The van der Waals surface area contributed by atoms with Gasteiger partial charge in [-0.2, -0.15) is 0 Å². The van der Waals surface area contributed by atoms with Crippen LogP contribution in [-0.4, -0.2) is 14.2 Å². The molecule has 0 saturated heterocycles. The molecule has 2 nitrogen and oxygen atoms in total. The van der Waals surface area contributed by atoms with E-state index in [9.17, 15) is 17.2 Å². The first-order valence-electron chi connectivity index (χ1n) is 4.59. The van der Waals surface area contributed by atoms with Crippen LogP contribution in [0.25, 0.3) is 0 Å². The second-order valence-corrected chi connectivity index (χ2v) is 5.51. The van der Waals surface area contributed by atoms with E-state index in [-0.39, 0.29) is 17.1 Å². The van der Waals surface area contributed by atoms with Gasteiger partial charge in [-0.1, -0.05) is 13.0 Å². The number of benzene rings is 1. The Labute approximate surface area is 87.8 Å². The second kappa shape index (κ2) is 4.70. The summed E-state index contributed by atoms with van der Waals surface area (Å²) in [5.74, 6) is -1.87. The summed E-state index contributed by atoms with van der Waals surface area (Å²) in [7, 11) is -3.28. The normalized spacial score (nSPS) is 11.7. The van der Waals surface area contributed by atoms with Crippen molar-refractivity contribution < 1.29 is 17.2 Å². The Balaban J connectivity index is 2.90. The molecule has 15 heavy (non-hydrogen) atoms. The van der Waals surface area contributed by atoms with E-state index in [4.69, 9.17) is 0 Å². The Kier molecular flexibility index (Phi) is 3.79. The van der Waals surface area contributed by atoms with E-state index >= 15 is 0 Å². The number of hydrogen-bond donors (Lipinski definition) is 0. The van der Waals surface area contributed by atoms with Crippen LogP contribution in [0.2, 0.25) is 0 Å². The fraction of sp³-hybridized carbons (Fsp3) is 0.400. The summed E-state index contributed by atoms with van der Waals surface area (Å²) in [6.07, 6.45) is 0.491. The summed E-state index contributed by atoms with van der Waals surface area (Å²) in [5.41, 5.74) is 0.0184. The van der Waals surface area contributed by atoms with Crippen LogP contribution in [0.3, 0.4) is 0 Å². The van der Waals surface area contributed by atoms with E-state index < -0.39 is 21.5 Å². The smallest absolute Gasteiger partial charge is 0.154 e. The molecule has 1 aromatic carbocycles. The van der Waals surface area contributed by atoms with E-state index in [2.05, 4.69) is 0 Å². The Bertz CT molecular complexity index is 441. The van der Waals surface area contributed by atoms with Crippen LogP contribution in [0, 0.1) is 11.6 Å². The Morgan fingerprint density at radius 2 is 1.93 bits per heavy atom. The van der Waals surface area contributed by atoms with Crippen molar-refractivity contribution in [3.05, 3.63) is 35.4 Å². The highest BCUT2D eigenvalue weighted by Gasteiger charge is 2.14. The van der Waals surface area contributed by atoms with Crippen molar-refractivity contribution in [2.75, 3.05) is 5.75 Å². The van der Waals surface area contributed by atoms with Crippen molar-refractivity contribution in [3.63, 3.8) is 0 Å². The third-order valence-corrected chi connectivity index (χ3v) is 3.69. The largest absolute Gasteiger partial charge is 0.228 e. The molecule has 1 rings (SSSR count). The van der Waals surface area contributed by atoms with Crippen LogP contribution in [0.4, 0.5) is 8.78 Å². The molecule has 0 N–H and O–H groups in total. The molecule has 0 radical (unpaired) electrons. The Hall–Kier alpha value is -0.970. The molecule has 84 valence electrons. The van der Waals surface area contributed by atoms with Gasteiger partial charge in [0.1, 0.15) is 11.6 Å². The van der Waals surface area contributed by atoms with Gasteiger partial charge in [-0.05, 0) is 12.5 Å². The van der Waals surface area contributed by atoms with Crippen molar-refractivity contribution in [2.45, 2.75) is 19.1 Å². The molecule has 0 aliphatic heterocycles. The van der Waals surface area contributed by atoms with Gasteiger partial charge in [0.25, 0.3) is 0 Å². The molecule has 0 aromatic heterocycles. The predicted octanol–water partition coefficient (Wildman–Crippen LogP) is 2.29. The molecule has 0 heterocycles. The zero-order valence-corrected chi connectivity index (χ0v) is 9.15. The van der Waals surface area contributed by atoms with Crippen LogP contribution >= 0.6 is 0 Å². The maximum atomic E-state index is 13.1. The minimum Gasteiger partial charge on any atom is -0.228 e. The first-order valence-corrected chi connectivity index (χ1v) is 6.41. The molecule has 0 saturated carbocycles. The monoisotopic (exact) mass is 234 g/mol. The highest BCUT2D eigenvalue weighted by Crippen LogP contribution is 2.13. The topological polar surface area (TPSA) is 34.1 Å². The molecule has 5 heteroatoms. The van der Waals surface area contributed by atoms with E-state index in [0.717, 1.165) is 12.1 Å². The van der Waals surface area contributed by atoms with Gasteiger partial charge in [0.15, 0.2) is 9.84 Å². The van der Waals surface area contributed by atoms with Crippen LogP contribution in [0.5, 0.6) is 0 Å². The fourth-order valence-electron chi connectivity index (χ4n) is 1.26. The SMILES string of the molecule is CCCS(=O)(=O)Cc1ccc(F)cc1F. The lowest BCUT2D eigenvalue weighted by Gasteiger charge is -2.04. The quantitative estimate of drug-likeness (QED) is 0.801. The molecule has 0 unspecified atom stereocenters. The van der Waals surface area contributed by atoms with Gasteiger partial charge in [-0.25, -0.2) is 17.2 Å². The summed E-state index contributed by atoms with van der Waals surface area (Å²) < 4.78 is 48.4. The van der Waals surface area contributed by atoms with Gasteiger partial charge in [-0.15, -0.1) is 0 Å². The lowest BCUT2D eigenvalue weighted by molar-refractivity contribution is 0.569. The first-order chi connectivity index (χ1) is 6.94. The average Bonchev–Trinajstić information content (AvgIpc) is 2.09. The lowest BCUT2D eigenvalue weighted by Crippen LogP contribution is -2.09. The molecule has 0 atom stereocenters. The Morgan fingerprint density at radius 3 is 2.47 bits per heavy atom. The Morgan fingerprint density at radius 1 is 1.27 bits per heavy atom. The van der Waals surface area contributed by atoms with Gasteiger partial charge in [0, 0.05) is 11.6 Å². The van der Waals surface area contributed by atoms with Crippen molar-refractivity contribution in [2.24, 2.45) is 0 Å². The molecule has 0 aliphatic rings. The first kappa shape index (κ1) is 12.1. The average molecular weight is 234 g/mol. The fourth-order valence-corrected chi connectivity index (χ4v) is 2.73. The maximum Gasteiger partial charge on any atom is 0.154 e. The third-order valence-electron chi connectivity index (χ3n) is 1.91. The molecule has 0 amide bonds. The van der Waals surface area contributed by atoms with Gasteiger partial charge < -0.3 is 0 Å². The van der Waals surface area contributed by atoms with Crippen LogP contribution < -0.4 is 0 Å². The van der Waals surface area contributed by atoms with Gasteiger partial charge >= 0.3 is 0 Å². The maximum absolute atomic E-state index is 13.1. The van der Waals surface area contributed by atoms with E-state index in [1.54, 1.807) is 6.92 Å². The summed E-state index contributed by atoms with van der Waals surface area (Å²) in [4.78, 5) is 0. The predicted molar refractivity (Wildman–Crippen MR) is 54.1 cm³/mol. The minimum absolute atomic E-state index is 0.0177. The molecular formula is C10H12F2O2S. The molecule has 0 fully saturated rings. The number of sulfone groups is 1. The molecule has 0 bridgehead atoms. The summed E-state index contributed by atoms with van der Waals surface area (Å²) >= 11 is 0. The second-order valence-electron chi connectivity index (χ2n) is 3.33. The van der Waals surface area contributed by atoms with E-state index in [1.165, 1.54) is 0 Å². The lowest BCUT2D eigenvalue weighted by atomic mass is 10.2. The highest BCUT2D eigenvalue weighted by atomic mass is 32.2. The van der Waals surface area contributed by atoms with Crippen molar-refractivity contribution in [1.82, 2.24) is 0 Å². The number of rotatable bonds is 4. The summed E-state index contributed by atoms with van der Waals surface area (Å²) in [5, 5.41) is 0. The minimum atomic E-state index is -3.28. The van der Waals surface area contributed by atoms with E-state index in [1.807, 2.05) is 0 Å². The van der Waals surface area contributed by atoms with Crippen LogP contribution in [0.15, 0.2) is 18.2 Å². The van der Waals surface area contributed by atoms with Crippen LogP contribution in [-0.2, 0) is 15.6 Å². The van der Waals surface area contributed by atoms with E-state index in [0.29, 0.717) is 12.5 Å². The molecule has 0 spiro atoms. The number of halogens is 2. The van der Waals surface area contributed by atoms with Crippen molar-refractivity contribution in [1.29, 1.82) is 0 Å². The standard InChI is InChI=1S/C10H12F2O2S/c1-2-5-15(13,14)7-8-3-4-9(11)6-10(8)12/h3-4,6H,2,5,7H2,1H3. The zero-order chi connectivity index (χ0) is 11.5. The summed E-state index contributed by atoms with van der Waals surface area (Å²) in [6.45, 7) is 1.73. The van der Waals surface area contributed by atoms with Crippen molar-refractivity contribution in [3.8, 4) is 0 Å². The van der Waals surface area contributed by atoms with Crippen molar-refractivity contribution >= 4 is 9.84 Å². The third kappa shape index (κ3) is 3.58. The highest BCUT2D eigenvalue weighted by molar-refractivity contribution is 7.90. The summed E-state index contributed by atoms with van der Waals surface area (Å²) in [6, 6.07) is 2.91. The van der Waals surface area contributed by atoms with Gasteiger partial charge in [0.2, 0.25) is 0 Å². The zero-order valence-electron chi connectivity index (χ0n) is 8.33. The van der Waals surface area contributed by atoms with Gasteiger partial charge in [0.05, 0.1) is 11.5 Å².